The van der Waals surface area contributed by atoms with E-state index in [-0.39, 0.29) is 5.91 Å². The van der Waals surface area contributed by atoms with Gasteiger partial charge in [-0.1, -0.05) is 0 Å². The number of amides is 1. The van der Waals surface area contributed by atoms with Gasteiger partial charge in [-0.3, -0.25) is 4.79 Å². The fraction of sp³-hybridized carbons (Fsp3) is 0. The van der Waals surface area contributed by atoms with Crippen molar-refractivity contribution in [1.29, 1.82) is 0 Å². The SMILES string of the molecule is O=C1NN=C(c2ccco2)C1=Cc1ccc[nH]1. The Hall–Kier alpha value is -2.56. The van der Waals surface area contributed by atoms with Gasteiger partial charge < -0.3 is 9.40 Å². The van der Waals surface area contributed by atoms with Gasteiger partial charge in [0.25, 0.3) is 5.91 Å². The van der Waals surface area contributed by atoms with E-state index >= 15 is 0 Å². The number of aromatic nitrogens is 1. The summed E-state index contributed by atoms with van der Waals surface area (Å²) < 4.78 is 5.24. The zero-order valence-electron chi connectivity index (χ0n) is 8.81. The van der Waals surface area contributed by atoms with Gasteiger partial charge in [0.1, 0.15) is 5.71 Å². The molecule has 0 atom stereocenters. The number of furan rings is 1. The minimum Gasteiger partial charge on any atom is -0.463 e. The maximum absolute atomic E-state index is 11.7. The Morgan fingerprint density at radius 1 is 1.29 bits per heavy atom. The zero-order chi connectivity index (χ0) is 11.7. The molecule has 1 amide bonds. The van der Waals surface area contributed by atoms with E-state index in [0.717, 1.165) is 5.69 Å². The van der Waals surface area contributed by atoms with E-state index in [2.05, 4.69) is 15.5 Å². The molecule has 5 nitrogen and oxygen atoms in total. The van der Waals surface area contributed by atoms with Crippen LogP contribution in [-0.2, 0) is 4.79 Å². The van der Waals surface area contributed by atoms with Gasteiger partial charge >= 0.3 is 0 Å². The molecule has 0 spiro atoms. The molecule has 0 fully saturated rings. The van der Waals surface area contributed by atoms with Gasteiger partial charge in [0.15, 0.2) is 5.76 Å². The molecule has 0 bridgehead atoms. The Balaban J connectivity index is 2.03. The molecule has 2 aromatic heterocycles. The number of nitrogens with zero attached hydrogens (tertiary/aromatic N) is 1. The van der Waals surface area contributed by atoms with Gasteiger partial charge in [0.2, 0.25) is 0 Å². The summed E-state index contributed by atoms with van der Waals surface area (Å²) in [4.78, 5) is 14.7. The van der Waals surface area contributed by atoms with E-state index in [1.54, 1.807) is 30.7 Å². The molecule has 3 rings (SSSR count). The minimum absolute atomic E-state index is 0.231. The molecule has 0 saturated carbocycles. The second-order valence-corrected chi connectivity index (χ2v) is 3.56. The molecule has 17 heavy (non-hydrogen) atoms. The fourth-order valence-electron chi connectivity index (χ4n) is 1.66. The van der Waals surface area contributed by atoms with Crippen molar-refractivity contribution in [2.75, 3.05) is 0 Å². The first-order valence-electron chi connectivity index (χ1n) is 5.12. The predicted molar refractivity (Wildman–Crippen MR) is 62.2 cm³/mol. The van der Waals surface area contributed by atoms with Crippen LogP contribution in [0.25, 0.3) is 6.08 Å². The summed E-state index contributed by atoms with van der Waals surface area (Å²) in [5.41, 5.74) is 4.28. The maximum atomic E-state index is 11.7. The number of H-pyrrole nitrogens is 1. The Kier molecular flexibility index (Phi) is 2.15. The molecule has 0 unspecified atom stereocenters. The lowest BCUT2D eigenvalue weighted by atomic mass is 10.1. The van der Waals surface area contributed by atoms with Crippen LogP contribution < -0.4 is 5.43 Å². The summed E-state index contributed by atoms with van der Waals surface area (Å²) in [6.45, 7) is 0. The molecule has 5 heteroatoms. The van der Waals surface area contributed by atoms with Gasteiger partial charge in [0.05, 0.1) is 11.8 Å². The molecule has 0 aliphatic carbocycles. The van der Waals surface area contributed by atoms with Gasteiger partial charge in [-0.2, -0.15) is 5.10 Å². The first-order valence-corrected chi connectivity index (χ1v) is 5.12. The normalized spacial score (nSPS) is 17.3. The molecule has 84 valence electrons. The number of aromatic amines is 1. The number of carbonyl (C=O) groups is 1. The second kappa shape index (κ2) is 3.79. The van der Waals surface area contributed by atoms with Crippen molar-refractivity contribution in [3.05, 3.63) is 53.8 Å². The Morgan fingerprint density at radius 2 is 2.24 bits per heavy atom. The standard InChI is InChI=1S/C12H9N3O2/c16-12-9(7-8-3-1-5-13-8)11(14-15-12)10-4-2-6-17-10/h1-7,13H,(H,15,16). The van der Waals surface area contributed by atoms with Crippen LogP contribution in [0.2, 0.25) is 0 Å². The number of hydrogen-bond donors (Lipinski definition) is 2. The average Bonchev–Trinajstić information content (AvgIpc) is 3.03. The highest BCUT2D eigenvalue weighted by atomic mass is 16.3. The number of rotatable bonds is 2. The Morgan fingerprint density at radius 3 is 2.94 bits per heavy atom. The summed E-state index contributed by atoms with van der Waals surface area (Å²) in [6, 6.07) is 7.26. The third-order valence-electron chi connectivity index (χ3n) is 2.45. The van der Waals surface area contributed by atoms with Crippen molar-refractivity contribution < 1.29 is 9.21 Å². The van der Waals surface area contributed by atoms with Crippen molar-refractivity contribution in [3.63, 3.8) is 0 Å². The fourth-order valence-corrected chi connectivity index (χ4v) is 1.66. The van der Waals surface area contributed by atoms with E-state index in [0.29, 0.717) is 17.0 Å². The Bertz CT molecular complexity index is 592. The molecule has 1 aliphatic heterocycles. The first kappa shape index (κ1) is 9.65. The predicted octanol–water partition coefficient (Wildman–Crippen LogP) is 1.53. The van der Waals surface area contributed by atoms with Gasteiger partial charge in [0, 0.05) is 11.9 Å². The van der Waals surface area contributed by atoms with E-state index in [1.807, 2.05) is 12.1 Å². The summed E-state index contributed by atoms with van der Waals surface area (Å²) >= 11 is 0. The molecular weight excluding hydrogens is 218 g/mol. The highest BCUT2D eigenvalue weighted by Gasteiger charge is 2.25. The lowest BCUT2D eigenvalue weighted by Gasteiger charge is -1.96. The van der Waals surface area contributed by atoms with Crippen molar-refractivity contribution >= 4 is 17.7 Å². The monoisotopic (exact) mass is 227 g/mol. The molecule has 0 saturated heterocycles. The molecular formula is C12H9N3O2. The van der Waals surface area contributed by atoms with Crippen LogP contribution in [0.5, 0.6) is 0 Å². The van der Waals surface area contributed by atoms with Gasteiger partial charge in [-0.25, -0.2) is 5.43 Å². The van der Waals surface area contributed by atoms with E-state index in [1.165, 1.54) is 0 Å². The van der Waals surface area contributed by atoms with Crippen LogP contribution in [0.15, 0.2) is 51.8 Å². The molecule has 2 aromatic rings. The van der Waals surface area contributed by atoms with E-state index < -0.39 is 0 Å². The molecule has 1 aliphatic rings. The minimum atomic E-state index is -0.231. The van der Waals surface area contributed by atoms with Crippen molar-refractivity contribution in [1.82, 2.24) is 10.4 Å². The van der Waals surface area contributed by atoms with Crippen LogP contribution in [0.4, 0.5) is 0 Å². The van der Waals surface area contributed by atoms with Crippen LogP contribution in [0, 0.1) is 0 Å². The first-order chi connectivity index (χ1) is 8.34. The number of hydrazone groups is 1. The number of hydrogen-bond acceptors (Lipinski definition) is 3. The summed E-state index contributed by atoms with van der Waals surface area (Å²) in [7, 11) is 0. The van der Waals surface area contributed by atoms with Gasteiger partial charge in [-0.15, -0.1) is 0 Å². The smallest absolute Gasteiger partial charge is 0.273 e. The lowest BCUT2D eigenvalue weighted by molar-refractivity contribution is -0.116. The average molecular weight is 227 g/mol. The highest BCUT2D eigenvalue weighted by molar-refractivity contribution is 6.32. The second-order valence-electron chi connectivity index (χ2n) is 3.56. The summed E-state index contributed by atoms with van der Waals surface area (Å²) in [5.74, 6) is 0.340. The van der Waals surface area contributed by atoms with Crippen LogP contribution in [-0.4, -0.2) is 16.6 Å². The summed E-state index contributed by atoms with van der Waals surface area (Å²) in [6.07, 6.45) is 5.08. The molecule has 2 N–H and O–H groups in total. The third-order valence-corrected chi connectivity index (χ3v) is 2.45. The molecule has 0 radical (unpaired) electrons. The van der Waals surface area contributed by atoms with Gasteiger partial charge in [-0.05, 0) is 30.3 Å². The van der Waals surface area contributed by atoms with Crippen molar-refractivity contribution in [2.45, 2.75) is 0 Å². The van der Waals surface area contributed by atoms with E-state index in [4.69, 9.17) is 4.42 Å². The van der Waals surface area contributed by atoms with Crippen molar-refractivity contribution in [2.24, 2.45) is 5.10 Å². The van der Waals surface area contributed by atoms with Crippen LogP contribution in [0.1, 0.15) is 11.5 Å². The largest absolute Gasteiger partial charge is 0.463 e. The summed E-state index contributed by atoms with van der Waals surface area (Å²) in [5, 5.41) is 3.96. The lowest BCUT2D eigenvalue weighted by Crippen LogP contribution is -2.13. The quantitative estimate of drug-likeness (QED) is 0.764. The van der Waals surface area contributed by atoms with Crippen LogP contribution >= 0.6 is 0 Å². The molecule has 0 aromatic carbocycles. The van der Waals surface area contributed by atoms with Crippen LogP contribution in [0.3, 0.4) is 0 Å². The highest BCUT2D eigenvalue weighted by Crippen LogP contribution is 2.17. The molecule has 3 heterocycles. The van der Waals surface area contributed by atoms with Crippen molar-refractivity contribution in [3.8, 4) is 0 Å². The van der Waals surface area contributed by atoms with E-state index in [9.17, 15) is 4.79 Å². The number of carbonyl (C=O) groups excluding carboxylic acids is 1. The zero-order valence-corrected chi connectivity index (χ0v) is 8.81. The number of nitrogens with one attached hydrogen (secondary N) is 2. The maximum Gasteiger partial charge on any atom is 0.273 e. The third kappa shape index (κ3) is 1.67. The Labute approximate surface area is 96.8 Å². The topological polar surface area (TPSA) is 70.4 Å².